The van der Waals surface area contributed by atoms with Gasteiger partial charge in [0.05, 0.1) is 6.67 Å². The van der Waals surface area contributed by atoms with Crippen LogP contribution in [-0.4, -0.2) is 13.1 Å². The monoisotopic (exact) mass is 140 g/mol. The van der Waals surface area contributed by atoms with Gasteiger partial charge in [-0.2, -0.15) is 0 Å². The first kappa shape index (κ1) is 8.79. The summed E-state index contributed by atoms with van der Waals surface area (Å²) in [5, 5.41) is 0. The van der Waals surface area contributed by atoms with Crippen LogP contribution < -0.4 is 0 Å². The second-order valence-corrected chi connectivity index (χ2v) is 1.93. The van der Waals surface area contributed by atoms with Crippen LogP contribution in [0.1, 0.15) is 25.7 Å². The maximum absolute atomic E-state index is 11.4. The van der Waals surface area contributed by atoms with Crippen molar-refractivity contribution in [3.05, 3.63) is 0 Å². The van der Waals surface area contributed by atoms with Gasteiger partial charge in [-0.15, -0.1) is 0 Å². The highest BCUT2D eigenvalue weighted by Gasteiger charge is 1.99. The molecule has 0 aliphatic rings. The van der Waals surface area contributed by atoms with E-state index >= 15 is 0 Å². The molecule has 3 heteroatoms. The third-order valence-corrected chi connectivity index (χ3v) is 1.06. The van der Waals surface area contributed by atoms with Gasteiger partial charge in [-0.25, -0.2) is 8.78 Å². The SMILES string of the molecule is FCCCCCC(F)F. The summed E-state index contributed by atoms with van der Waals surface area (Å²) in [4.78, 5) is 0. The van der Waals surface area contributed by atoms with Crippen LogP contribution in [0.2, 0.25) is 0 Å². The molecule has 0 bridgehead atoms. The second kappa shape index (κ2) is 5.92. The minimum Gasteiger partial charge on any atom is -0.251 e. The van der Waals surface area contributed by atoms with Crippen LogP contribution in [0.15, 0.2) is 0 Å². The van der Waals surface area contributed by atoms with Crippen LogP contribution in [0.5, 0.6) is 0 Å². The van der Waals surface area contributed by atoms with Crippen molar-refractivity contribution in [1.29, 1.82) is 0 Å². The number of unbranched alkanes of at least 4 members (excludes halogenated alkanes) is 2. The molecule has 0 atom stereocenters. The van der Waals surface area contributed by atoms with E-state index in [1.807, 2.05) is 0 Å². The lowest BCUT2D eigenvalue weighted by atomic mass is 10.2. The van der Waals surface area contributed by atoms with Gasteiger partial charge in [-0.05, 0) is 12.8 Å². The number of halogens is 3. The van der Waals surface area contributed by atoms with Crippen molar-refractivity contribution >= 4 is 0 Å². The molecule has 0 spiro atoms. The van der Waals surface area contributed by atoms with Gasteiger partial charge >= 0.3 is 0 Å². The largest absolute Gasteiger partial charge is 0.251 e. The van der Waals surface area contributed by atoms with Crippen molar-refractivity contribution in [2.24, 2.45) is 0 Å². The summed E-state index contributed by atoms with van der Waals surface area (Å²) in [6, 6.07) is 0. The molecule has 0 rings (SSSR count). The topological polar surface area (TPSA) is 0 Å². The maximum Gasteiger partial charge on any atom is 0.238 e. The van der Waals surface area contributed by atoms with Gasteiger partial charge in [0.2, 0.25) is 6.43 Å². The Bertz CT molecular complexity index is 54.3. The van der Waals surface area contributed by atoms with Gasteiger partial charge in [-0.3, -0.25) is 4.39 Å². The van der Waals surface area contributed by atoms with Crippen molar-refractivity contribution in [2.45, 2.75) is 32.1 Å². The highest BCUT2D eigenvalue weighted by Crippen LogP contribution is 2.06. The first-order chi connectivity index (χ1) is 4.27. The van der Waals surface area contributed by atoms with Crippen molar-refractivity contribution < 1.29 is 13.2 Å². The summed E-state index contributed by atoms with van der Waals surface area (Å²) in [6.07, 6.45) is -0.848. The number of hydrogen-bond donors (Lipinski definition) is 0. The quantitative estimate of drug-likeness (QED) is 0.515. The van der Waals surface area contributed by atoms with Crippen LogP contribution in [0.3, 0.4) is 0 Å². The molecule has 56 valence electrons. The molecule has 0 aliphatic carbocycles. The summed E-state index contributed by atoms with van der Waals surface area (Å²) in [7, 11) is 0. The van der Waals surface area contributed by atoms with Crippen molar-refractivity contribution in [3.8, 4) is 0 Å². The summed E-state index contributed by atoms with van der Waals surface area (Å²) in [5.41, 5.74) is 0. The first-order valence-electron chi connectivity index (χ1n) is 3.11. The summed E-state index contributed by atoms with van der Waals surface area (Å²) >= 11 is 0. The van der Waals surface area contributed by atoms with Crippen LogP contribution in [0.25, 0.3) is 0 Å². The van der Waals surface area contributed by atoms with Crippen LogP contribution in [0.4, 0.5) is 13.2 Å². The third kappa shape index (κ3) is 7.79. The Hall–Kier alpha value is -0.210. The van der Waals surface area contributed by atoms with Crippen molar-refractivity contribution in [3.63, 3.8) is 0 Å². The van der Waals surface area contributed by atoms with Gasteiger partial charge in [0.25, 0.3) is 0 Å². The molecule has 0 saturated carbocycles. The van der Waals surface area contributed by atoms with E-state index in [1.165, 1.54) is 0 Å². The molecule has 0 aliphatic heterocycles. The zero-order valence-electron chi connectivity index (χ0n) is 5.25. The minimum absolute atomic E-state index is 0.0833. The van der Waals surface area contributed by atoms with Crippen molar-refractivity contribution in [1.82, 2.24) is 0 Å². The Morgan fingerprint density at radius 1 is 1.00 bits per heavy atom. The lowest BCUT2D eigenvalue weighted by Gasteiger charge is -1.95. The highest BCUT2D eigenvalue weighted by molar-refractivity contribution is 4.43. The average Bonchev–Trinajstić information content (AvgIpc) is 1.80. The molecule has 0 saturated heterocycles. The van der Waals surface area contributed by atoms with Gasteiger partial charge in [-0.1, -0.05) is 6.42 Å². The van der Waals surface area contributed by atoms with E-state index in [4.69, 9.17) is 0 Å². The number of hydrogen-bond acceptors (Lipinski definition) is 0. The lowest BCUT2D eigenvalue weighted by Crippen LogP contribution is -1.89. The standard InChI is InChI=1S/C6H11F3/c7-5-3-1-2-4-6(8)9/h6H,1-5H2. The van der Waals surface area contributed by atoms with Crippen LogP contribution >= 0.6 is 0 Å². The van der Waals surface area contributed by atoms with Gasteiger partial charge < -0.3 is 0 Å². The Kier molecular flexibility index (Phi) is 5.78. The summed E-state index contributed by atoms with van der Waals surface area (Å²) < 4.78 is 34.1. The molecule has 0 fully saturated rings. The Labute approximate surface area is 53.1 Å². The molecule has 0 aromatic carbocycles. The molecular formula is C6H11F3. The van der Waals surface area contributed by atoms with Crippen LogP contribution in [-0.2, 0) is 0 Å². The van der Waals surface area contributed by atoms with E-state index in [9.17, 15) is 13.2 Å². The molecule has 0 nitrogen and oxygen atoms in total. The Morgan fingerprint density at radius 3 is 2.11 bits per heavy atom. The summed E-state index contributed by atoms with van der Waals surface area (Å²) in [5.74, 6) is 0. The van der Waals surface area contributed by atoms with E-state index in [1.54, 1.807) is 0 Å². The van der Waals surface area contributed by atoms with E-state index in [0.29, 0.717) is 19.3 Å². The molecular weight excluding hydrogens is 129 g/mol. The second-order valence-electron chi connectivity index (χ2n) is 1.93. The van der Waals surface area contributed by atoms with E-state index in [0.717, 1.165) is 0 Å². The first-order valence-corrected chi connectivity index (χ1v) is 3.11. The molecule has 0 aromatic heterocycles. The summed E-state index contributed by atoms with van der Waals surface area (Å²) in [6.45, 7) is -0.386. The normalized spacial score (nSPS) is 10.7. The fourth-order valence-corrected chi connectivity index (χ4v) is 0.570. The number of rotatable bonds is 5. The predicted molar refractivity (Wildman–Crippen MR) is 30.4 cm³/mol. The Morgan fingerprint density at radius 2 is 1.67 bits per heavy atom. The molecule has 9 heavy (non-hydrogen) atoms. The average molecular weight is 140 g/mol. The third-order valence-electron chi connectivity index (χ3n) is 1.06. The number of alkyl halides is 3. The fourth-order valence-electron chi connectivity index (χ4n) is 0.570. The van der Waals surface area contributed by atoms with E-state index in [-0.39, 0.29) is 13.1 Å². The van der Waals surface area contributed by atoms with E-state index < -0.39 is 6.43 Å². The molecule has 0 aromatic rings. The molecule has 0 amide bonds. The smallest absolute Gasteiger partial charge is 0.238 e. The van der Waals surface area contributed by atoms with Gasteiger partial charge in [0, 0.05) is 6.42 Å². The molecule has 0 unspecified atom stereocenters. The van der Waals surface area contributed by atoms with Gasteiger partial charge in [0.15, 0.2) is 0 Å². The predicted octanol–water partition coefficient (Wildman–Crippen LogP) is 2.78. The van der Waals surface area contributed by atoms with E-state index in [2.05, 4.69) is 0 Å². The maximum atomic E-state index is 11.4. The van der Waals surface area contributed by atoms with Crippen molar-refractivity contribution in [2.75, 3.05) is 6.67 Å². The zero-order chi connectivity index (χ0) is 7.11. The Balaban J connectivity index is 2.75. The zero-order valence-corrected chi connectivity index (χ0v) is 5.25. The molecule has 0 radical (unpaired) electrons. The minimum atomic E-state index is -2.22. The van der Waals surface area contributed by atoms with Crippen LogP contribution in [0, 0.1) is 0 Å². The molecule has 0 heterocycles. The van der Waals surface area contributed by atoms with Gasteiger partial charge in [0.1, 0.15) is 0 Å². The highest BCUT2D eigenvalue weighted by atomic mass is 19.3. The fraction of sp³-hybridized carbons (Fsp3) is 1.00. The lowest BCUT2D eigenvalue weighted by molar-refractivity contribution is 0.133. The molecule has 0 N–H and O–H groups in total.